The number of carbonyl (C=O) groups is 1. The van der Waals surface area contributed by atoms with Crippen LogP contribution in [0.25, 0.3) is 0 Å². The monoisotopic (exact) mass is 301 g/mol. The van der Waals surface area contributed by atoms with E-state index >= 15 is 0 Å². The molecule has 6 heteroatoms. The Hall–Kier alpha value is -1.69. The smallest absolute Gasteiger partial charge is 0.349 e. The zero-order valence-electron chi connectivity index (χ0n) is 12.6. The minimum Gasteiger partial charge on any atom is -0.497 e. The van der Waals surface area contributed by atoms with E-state index in [2.05, 4.69) is 5.32 Å². The highest BCUT2D eigenvalue weighted by Gasteiger charge is 2.41. The number of amides is 1. The molecule has 0 aliphatic rings. The largest absolute Gasteiger partial charge is 0.497 e. The Morgan fingerprint density at radius 1 is 1.33 bits per heavy atom. The number of alkyl halides is 2. The van der Waals surface area contributed by atoms with E-state index < -0.39 is 23.0 Å². The first-order valence-corrected chi connectivity index (χ1v) is 6.64. The molecule has 2 N–H and O–H groups in total. The van der Waals surface area contributed by atoms with Gasteiger partial charge in [-0.3, -0.25) is 4.79 Å². The summed E-state index contributed by atoms with van der Waals surface area (Å²) in [4.78, 5) is 11.7. The molecule has 21 heavy (non-hydrogen) atoms. The van der Waals surface area contributed by atoms with Crippen LogP contribution in [-0.2, 0) is 10.7 Å². The molecule has 118 valence electrons. The van der Waals surface area contributed by atoms with Crippen molar-refractivity contribution in [3.63, 3.8) is 0 Å². The summed E-state index contributed by atoms with van der Waals surface area (Å²) in [5.41, 5.74) is -1.67. The minimum absolute atomic E-state index is 0.174. The van der Waals surface area contributed by atoms with E-state index in [4.69, 9.17) is 4.74 Å². The molecule has 1 atom stereocenters. The first-order valence-electron chi connectivity index (χ1n) is 6.64. The summed E-state index contributed by atoms with van der Waals surface area (Å²) in [6.45, 7) is 4.74. The summed E-state index contributed by atoms with van der Waals surface area (Å²) in [5, 5.41) is 12.1. The van der Waals surface area contributed by atoms with Gasteiger partial charge in [0.2, 0.25) is 0 Å². The van der Waals surface area contributed by atoms with Crippen molar-refractivity contribution < 1.29 is 23.4 Å². The molecule has 0 fully saturated rings. The molecule has 0 heterocycles. The molecule has 0 spiro atoms. The predicted molar refractivity (Wildman–Crippen MR) is 75.4 cm³/mol. The van der Waals surface area contributed by atoms with Gasteiger partial charge in [0.1, 0.15) is 5.75 Å². The van der Waals surface area contributed by atoms with Gasteiger partial charge in [-0.1, -0.05) is 13.8 Å². The average Bonchev–Trinajstić information content (AvgIpc) is 2.44. The van der Waals surface area contributed by atoms with Crippen molar-refractivity contribution in [2.24, 2.45) is 5.92 Å². The second kappa shape index (κ2) is 6.39. The lowest BCUT2D eigenvalue weighted by atomic mass is 9.92. The maximum Gasteiger partial charge on any atom is 0.349 e. The number of methoxy groups -OCH3 is 1. The molecule has 1 aromatic rings. The number of hydrogen-bond acceptors (Lipinski definition) is 3. The second-order valence-corrected chi connectivity index (χ2v) is 5.50. The average molecular weight is 301 g/mol. The Balaban J connectivity index is 2.79. The van der Waals surface area contributed by atoms with Gasteiger partial charge in [-0.15, -0.1) is 0 Å². The van der Waals surface area contributed by atoms with Crippen LogP contribution in [0.2, 0.25) is 0 Å². The maximum absolute atomic E-state index is 14.0. The van der Waals surface area contributed by atoms with Crippen LogP contribution in [0, 0.1) is 5.92 Å². The number of hydrogen-bond donors (Lipinski definition) is 2. The van der Waals surface area contributed by atoms with Gasteiger partial charge in [0.05, 0.1) is 12.7 Å². The fourth-order valence-corrected chi connectivity index (χ4v) is 1.51. The third kappa shape index (κ3) is 4.14. The fourth-order valence-electron chi connectivity index (χ4n) is 1.51. The van der Waals surface area contributed by atoms with E-state index in [1.165, 1.54) is 26.2 Å². The third-order valence-corrected chi connectivity index (χ3v) is 3.59. The number of aliphatic hydroxyl groups is 1. The van der Waals surface area contributed by atoms with E-state index in [1.54, 1.807) is 13.8 Å². The SMILES string of the molecule is COc1ccc(C(F)(F)C(=O)NCC(C)(O)C(C)C)cc1. The van der Waals surface area contributed by atoms with Crippen LogP contribution < -0.4 is 10.1 Å². The van der Waals surface area contributed by atoms with Crippen molar-refractivity contribution in [2.75, 3.05) is 13.7 Å². The van der Waals surface area contributed by atoms with Crippen LogP contribution in [0.1, 0.15) is 26.3 Å². The Bertz CT molecular complexity index is 484. The summed E-state index contributed by atoms with van der Waals surface area (Å²) in [6, 6.07) is 5.00. The van der Waals surface area contributed by atoms with Crippen molar-refractivity contribution in [3.05, 3.63) is 29.8 Å². The van der Waals surface area contributed by atoms with Crippen molar-refractivity contribution in [1.29, 1.82) is 0 Å². The molecule has 1 unspecified atom stereocenters. The maximum atomic E-state index is 14.0. The minimum atomic E-state index is -3.67. The zero-order chi connectivity index (χ0) is 16.3. The summed E-state index contributed by atoms with van der Waals surface area (Å²) in [6.07, 6.45) is 0. The van der Waals surface area contributed by atoms with E-state index in [0.29, 0.717) is 5.75 Å². The first kappa shape index (κ1) is 17.4. The Morgan fingerprint density at radius 2 is 1.86 bits per heavy atom. The third-order valence-electron chi connectivity index (χ3n) is 3.59. The molecule has 0 bridgehead atoms. The van der Waals surface area contributed by atoms with Gasteiger partial charge in [-0.05, 0) is 37.1 Å². The molecule has 0 aliphatic carbocycles. The molecule has 0 aliphatic heterocycles. The summed E-state index contributed by atoms with van der Waals surface area (Å²) in [5.74, 6) is -4.85. The van der Waals surface area contributed by atoms with E-state index in [1.807, 2.05) is 0 Å². The summed E-state index contributed by atoms with van der Waals surface area (Å²) in [7, 11) is 1.42. The molecule has 1 aromatic carbocycles. The normalized spacial score (nSPS) is 14.7. The van der Waals surface area contributed by atoms with Gasteiger partial charge in [-0.25, -0.2) is 0 Å². The summed E-state index contributed by atoms with van der Waals surface area (Å²) < 4.78 is 32.9. The van der Waals surface area contributed by atoms with Crippen LogP contribution in [-0.4, -0.2) is 30.3 Å². The molecular formula is C15H21F2NO3. The van der Waals surface area contributed by atoms with Gasteiger partial charge in [-0.2, -0.15) is 8.78 Å². The molecule has 4 nitrogen and oxygen atoms in total. The van der Waals surface area contributed by atoms with Gasteiger partial charge in [0.25, 0.3) is 5.91 Å². The number of carbonyl (C=O) groups excluding carboxylic acids is 1. The van der Waals surface area contributed by atoms with Crippen LogP contribution in [0.5, 0.6) is 5.75 Å². The van der Waals surface area contributed by atoms with Crippen LogP contribution in [0.15, 0.2) is 24.3 Å². The zero-order valence-corrected chi connectivity index (χ0v) is 12.6. The van der Waals surface area contributed by atoms with Crippen molar-refractivity contribution in [1.82, 2.24) is 5.32 Å². The highest BCUT2D eigenvalue weighted by atomic mass is 19.3. The lowest BCUT2D eigenvalue weighted by molar-refractivity contribution is -0.148. The number of benzene rings is 1. The van der Waals surface area contributed by atoms with E-state index in [-0.39, 0.29) is 12.5 Å². The molecule has 0 saturated carbocycles. The standard InChI is InChI=1S/C15H21F2NO3/c1-10(2)14(3,20)9-18-13(19)15(16,17)11-5-7-12(21-4)8-6-11/h5-8,10,20H,9H2,1-4H3,(H,18,19). The molecular weight excluding hydrogens is 280 g/mol. The second-order valence-electron chi connectivity index (χ2n) is 5.50. The lowest BCUT2D eigenvalue weighted by Crippen LogP contribution is -2.48. The van der Waals surface area contributed by atoms with Gasteiger partial charge < -0.3 is 15.2 Å². The first-order chi connectivity index (χ1) is 9.61. The fraction of sp³-hybridized carbons (Fsp3) is 0.533. The van der Waals surface area contributed by atoms with Crippen molar-refractivity contribution in [3.8, 4) is 5.75 Å². The molecule has 1 rings (SSSR count). The van der Waals surface area contributed by atoms with Crippen LogP contribution >= 0.6 is 0 Å². The Morgan fingerprint density at radius 3 is 2.29 bits per heavy atom. The van der Waals surface area contributed by atoms with Gasteiger partial charge in [0, 0.05) is 12.1 Å². The van der Waals surface area contributed by atoms with E-state index in [0.717, 1.165) is 12.1 Å². The summed E-state index contributed by atoms with van der Waals surface area (Å²) >= 11 is 0. The van der Waals surface area contributed by atoms with Crippen LogP contribution in [0.3, 0.4) is 0 Å². The Kier molecular flexibility index (Phi) is 5.28. The number of ether oxygens (including phenoxy) is 1. The molecule has 0 saturated heterocycles. The quantitative estimate of drug-likeness (QED) is 0.847. The number of nitrogens with one attached hydrogen (secondary N) is 1. The van der Waals surface area contributed by atoms with Crippen molar-refractivity contribution >= 4 is 5.91 Å². The topological polar surface area (TPSA) is 58.6 Å². The van der Waals surface area contributed by atoms with Gasteiger partial charge >= 0.3 is 5.92 Å². The number of rotatable bonds is 6. The molecule has 1 amide bonds. The lowest BCUT2D eigenvalue weighted by Gasteiger charge is -2.28. The Labute approximate surface area is 123 Å². The predicted octanol–water partition coefficient (Wildman–Crippen LogP) is 2.31. The number of halogens is 2. The molecule has 0 radical (unpaired) electrons. The van der Waals surface area contributed by atoms with Crippen LogP contribution in [0.4, 0.5) is 8.78 Å². The van der Waals surface area contributed by atoms with E-state index in [9.17, 15) is 18.7 Å². The van der Waals surface area contributed by atoms with Crippen molar-refractivity contribution in [2.45, 2.75) is 32.3 Å². The highest BCUT2D eigenvalue weighted by molar-refractivity contribution is 5.84. The highest BCUT2D eigenvalue weighted by Crippen LogP contribution is 2.29. The molecule has 0 aromatic heterocycles. The van der Waals surface area contributed by atoms with Gasteiger partial charge in [0.15, 0.2) is 0 Å².